The van der Waals surface area contributed by atoms with Gasteiger partial charge in [0.1, 0.15) is 5.76 Å². The highest BCUT2D eigenvalue weighted by Crippen LogP contribution is 2.22. The summed E-state index contributed by atoms with van der Waals surface area (Å²) in [6.07, 6.45) is 1.55. The molecule has 0 fully saturated rings. The van der Waals surface area contributed by atoms with Crippen LogP contribution in [0.3, 0.4) is 0 Å². The zero-order chi connectivity index (χ0) is 15.3. The zero-order valence-corrected chi connectivity index (χ0v) is 13.1. The van der Waals surface area contributed by atoms with Crippen LogP contribution in [0.1, 0.15) is 18.2 Å². The van der Waals surface area contributed by atoms with E-state index in [1.165, 1.54) is 4.31 Å². The van der Waals surface area contributed by atoms with Crippen molar-refractivity contribution < 1.29 is 12.8 Å². The molecule has 1 aromatic heterocycles. The van der Waals surface area contributed by atoms with Gasteiger partial charge in [-0.05, 0) is 30.8 Å². The summed E-state index contributed by atoms with van der Waals surface area (Å²) in [5, 5.41) is 3.00. The molecule has 2 aromatic rings. The van der Waals surface area contributed by atoms with Crippen molar-refractivity contribution >= 4 is 10.0 Å². The van der Waals surface area contributed by atoms with Crippen molar-refractivity contribution in [2.24, 2.45) is 0 Å². The van der Waals surface area contributed by atoms with E-state index in [4.69, 9.17) is 4.42 Å². The average Bonchev–Trinajstić information content (AvgIpc) is 2.98. The van der Waals surface area contributed by atoms with Crippen molar-refractivity contribution in [3.05, 3.63) is 54.0 Å². The van der Waals surface area contributed by atoms with Crippen LogP contribution in [0.25, 0.3) is 0 Å². The molecule has 0 saturated heterocycles. The summed E-state index contributed by atoms with van der Waals surface area (Å²) < 4.78 is 32.4. The smallest absolute Gasteiger partial charge is 0.243 e. The molecule has 114 valence electrons. The summed E-state index contributed by atoms with van der Waals surface area (Å²) in [5.41, 5.74) is 0.762. The Kier molecular flexibility index (Phi) is 5.17. The summed E-state index contributed by atoms with van der Waals surface area (Å²) in [6.45, 7) is 2.95. The first-order valence-electron chi connectivity index (χ1n) is 6.84. The lowest BCUT2D eigenvalue weighted by Gasteiger charge is -2.21. The predicted octanol–water partition coefficient (Wildman–Crippen LogP) is 2.21. The molecule has 1 aromatic carbocycles. The molecule has 0 unspecified atom stereocenters. The van der Waals surface area contributed by atoms with Gasteiger partial charge in [0.25, 0.3) is 0 Å². The molecule has 0 radical (unpaired) electrons. The van der Waals surface area contributed by atoms with Crippen LogP contribution < -0.4 is 5.32 Å². The topological polar surface area (TPSA) is 62.6 Å². The molecule has 0 spiro atoms. The van der Waals surface area contributed by atoms with Crippen LogP contribution in [0, 0.1) is 0 Å². The van der Waals surface area contributed by atoms with E-state index < -0.39 is 10.0 Å². The van der Waals surface area contributed by atoms with Gasteiger partial charge in [0, 0.05) is 13.1 Å². The third-order valence-electron chi connectivity index (χ3n) is 3.22. The van der Waals surface area contributed by atoms with Gasteiger partial charge in [-0.3, -0.25) is 0 Å². The molecule has 1 N–H and O–H groups in total. The number of nitrogens with one attached hydrogen (secondary N) is 1. The van der Waals surface area contributed by atoms with Crippen LogP contribution in [-0.4, -0.2) is 26.3 Å². The van der Waals surface area contributed by atoms with Gasteiger partial charge in [-0.15, -0.1) is 0 Å². The second kappa shape index (κ2) is 6.89. The number of benzene rings is 1. The molecule has 6 heteroatoms. The first-order valence-corrected chi connectivity index (χ1v) is 8.28. The molecule has 5 nitrogen and oxygen atoms in total. The average molecular weight is 308 g/mol. The number of rotatable bonds is 7. The molecule has 21 heavy (non-hydrogen) atoms. The molecule has 0 saturated carbocycles. The van der Waals surface area contributed by atoms with Crippen LogP contribution in [0.15, 0.2) is 52.0 Å². The summed E-state index contributed by atoms with van der Waals surface area (Å²) in [5.74, 6) is 0.631. The Morgan fingerprint density at radius 3 is 2.57 bits per heavy atom. The van der Waals surface area contributed by atoms with E-state index in [1.807, 2.05) is 19.1 Å². The molecule has 0 aliphatic rings. The normalized spacial score (nSPS) is 12.0. The third kappa shape index (κ3) is 3.53. The lowest BCUT2D eigenvalue weighted by Crippen LogP contribution is -2.31. The Morgan fingerprint density at radius 2 is 1.95 bits per heavy atom. The third-order valence-corrected chi connectivity index (χ3v) is 5.24. The summed E-state index contributed by atoms with van der Waals surface area (Å²) in [7, 11) is -1.75. The zero-order valence-electron chi connectivity index (χ0n) is 12.2. The van der Waals surface area contributed by atoms with Gasteiger partial charge in [-0.25, -0.2) is 8.42 Å². The number of nitrogens with zero attached hydrogens (tertiary/aromatic N) is 1. The molecule has 0 atom stereocenters. The van der Waals surface area contributed by atoms with E-state index in [1.54, 1.807) is 37.6 Å². The molecule has 0 aliphatic carbocycles. The first kappa shape index (κ1) is 15.8. The minimum atomic E-state index is -3.55. The molecular formula is C15H20N2O3S. The maximum absolute atomic E-state index is 12.8. The standard InChI is InChI=1S/C15H20N2O3S/c1-3-17(12-14-8-6-10-20-14)21(18,19)15-9-5-4-7-13(15)11-16-2/h4-10,16H,3,11-12H2,1-2H3. The van der Waals surface area contributed by atoms with E-state index in [0.717, 1.165) is 5.56 Å². The monoisotopic (exact) mass is 308 g/mol. The molecule has 0 bridgehead atoms. The Labute approximate surface area is 125 Å². The first-order chi connectivity index (χ1) is 10.1. The van der Waals surface area contributed by atoms with E-state index in [9.17, 15) is 8.42 Å². The number of hydrogen-bond donors (Lipinski definition) is 1. The highest BCUT2D eigenvalue weighted by molar-refractivity contribution is 7.89. The summed E-state index contributed by atoms with van der Waals surface area (Å²) in [4.78, 5) is 0.341. The van der Waals surface area contributed by atoms with Gasteiger partial charge >= 0.3 is 0 Å². The molecule has 0 amide bonds. The summed E-state index contributed by atoms with van der Waals surface area (Å²) >= 11 is 0. The maximum Gasteiger partial charge on any atom is 0.243 e. The van der Waals surface area contributed by atoms with Gasteiger partial charge in [-0.2, -0.15) is 4.31 Å². The molecule has 2 rings (SSSR count). The van der Waals surface area contributed by atoms with E-state index in [-0.39, 0.29) is 6.54 Å². The predicted molar refractivity (Wildman–Crippen MR) is 81.2 cm³/mol. The maximum atomic E-state index is 12.8. The number of furan rings is 1. The highest BCUT2D eigenvalue weighted by atomic mass is 32.2. The van der Waals surface area contributed by atoms with E-state index in [0.29, 0.717) is 23.7 Å². The molecule has 0 aliphatic heterocycles. The van der Waals surface area contributed by atoms with Crippen molar-refractivity contribution in [3.8, 4) is 0 Å². The van der Waals surface area contributed by atoms with Crippen molar-refractivity contribution in [1.82, 2.24) is 9.62 Å². The fraction of sp³-hybridized carbons (Fsp3) is 0.333. The molecular weight excluding hydrogens is 288 g/mol. The van der Waals surface area contributed by atoms with Gasteiger partial charge in [0.05, 0.1) is 17.7 Å². The summed E-state index contributed by atoms with van der Waals surface area (Å²) in [6, 6.07) is 10.6. The fourth-order valence-corrected chi connectivity index (χ4v) is 3.81. The second-order valence-electron chi connectivity index (χ2n) is 4.65. The van der Waals surface area contributed by atoms with E-state index >= 15 is 0 Å². The number of sulfonamides is 1. The Balaban J connectivity index is 2.35. The van der Waals surface area contributed by atoms with E-state index in [2.05, 4.69) is 5.32 Å². The van der Waals surface area contributed by atoms with Crippen LogP contribution >= 0.6 is 0 Å². The van der Waals surface area contributed by atoms with Crippen LogP contribution in [0.4, 0.5) is 0 Å². The quantitative estimate of drug-likeness (QED) is 0.852. The molecule has 1 heterocycles. The fourth-order valence-electron chi connectivity index (χ4n) is 2.17. The Bertz CT molecular complexity index is 666. The van der Waals surface area contributed by atoms with Gasteiger partial charge < -0.3 is 9.73 Å². The van der Waals surface area contributed by atoms with Gasteiger partial charge in [0.2, 0.25) is 10.0 Å². The minimum Gasteiger partial charge on any atom is -0.468 e. The van der Waals surface area contributed by atoms with Gasteiger partial charge in [0.15, 0.2) is 0 Å². The minimum absolute atomic E-state index is 0.236. The Morgan fingerprint density at radius 1 is 1.19 bits per heavy atom. The van der Waals surface area contributed by atoms with Crippen molar-refractivity contribution in [2.45, 2.75) is 24.9 Å². The number of hydrogen-bond acceptors (Lipinski definition) is 4. The Hall–Kier alpha value is -1.63. The largest absolute Gasteiger partial charge is 0.468 e. The lowest BCUT2D eigenvalue weighted by atomic mass is 10.2. The van der Waals surface area contributed by atoms with Crippen molar-refractivity contribution in [1.29, 1.82) is 0 Å². The van der Waals surface area contributed by atoms with Crippen molar-refractivity contribution in [3.63, 3.8) is 0 Å². The van der Waals surface area contributed by atoms with Gasteiger partial charge in [-0.1, -0.05) is 25.1 Å². The van der Waals surface area contributed by atoms with Crippen LogP contribution in [0.2, 0.25) is 0 Å². The lowest BCUT2D eigenvalue weighted by molar-refractivity contribution is 0.375. The van der Waals surface area contributed by atoms with Crippen molar-refractivity contribution in [2.75, 3.05) is 13.6 Å². The van der Waals surface area contributed by atoms with Crippen LogP contribution in [0.5, 0.6) is 0 Å². The van der Waals surface area contributed by atoms with Crippen LogP contribution in [-0.2, 0) is 23.1 Å². The SMILES string of the molecule is CCN(Cc1ccco1)S(=O)(=O)c1ccccc1CNC. The second-order valence-corrected chi connectivity index (χ2v) is 6.55. The highest BCUT2D eigenvalue weighted by Gasteiger charge is 2.26.